The molecular formula is C23H19BrFN5O. The van der Waals surface area contributed by atoms with E-state index in [-0.39, 0.29) is 5.69 Å². The number of carbonyl (C=O) groups is 1. The Hall–Kier alpha value is -3.39. The minimum Gasteiger partial charge on any atom is -0.367 e. The van der Waals surface area contributed by atoms with E-state index in [0.717, 1.165) is 10.9 Å². The van der Waals surface area contributed by atoms with Gasteiger partial charge in [-0.15, -0.1) is 0 Å². The summed E-state index contributed by atoms with van der Waals surface area (Å²) in [6, 6.07) is 12.6. The monoisotopic (exact) mass is 481 g/mol. The lowest BCUT2D eigenvalue weighted by molar-refractivity contribution is 0.262. The number of fused-ring (bicyclic) bond motifs is 2. The predicted octanol–water partition coefficient (Wildman–Crippen LogP) is 5.67. The van der Waals surface area contributed by atoms with E-state index >= 15 is 0 Å². The molecule has 0 saturated heterocycles. The molecule has 0 unspecified atom stereocenters. The van der Waals surface area contributed by atoms with Crippen LogP contribution < -0.4 is 15.5 Å². The van der Waals surface area contributed by atoms with Crippen LogP contribution in [0.25, 0.3) is 11.0 Å². The van der Waals surface area contributed by atoms with Crippen molar-refractivity contribution in [2.24, 2.45) is 0 Å². The predicted molar refractivity (Wildman–Crippen MR) is 124 cm³/mol. The summed E-state index contributed by atoms with van der Waals surface area (Å²) >= 11 is 3.27. The summed E-state index contributed by atoms with van der Waals surface area (Å²) in [6.45, 7) is -1.36. The van der Waals surface area contributed by atoms with Gasteiger partial charge >= 0.3 is 6.03 Å². The topological polar surface area (TPSA) is 73.0 Å². The summed E-state index contributed by atoms with van der Waals surface area (Å²) in [4.78, 5) is 21.5. The van der Waals surface area contributed by atoms with Crippen molar-refractivity contribution >= 4 is 50.1 Å². The normalized spacial score (nSPS) is 14.2. The molecule has 1 aliphatic rings. The van der Waals surface area contributed by atoms with E-state index < -0.39 is 18.3 Å². The Balaban J connectivity index is 1.42. The highest BCUT2D eigenvalue weighted by atomic mass is 79.9. The van der Waals surface area contributed by atoms with Crippen LogP contribution in [0.2, 0.25) is 0 Å². The van der Waals surface area contributed by atoms with Gasteiger partial charge in [-0.25, -0.2) is 14.2 Å². The molecule has 2 amide bonds. The molecule has 8 heteroatoms. The van der Waals surface area contributed by atoms with Crippen molar-refractivity contribution in [1.82, 2.24) is 9.97 Å². The minimum absolute atomic E-state index is 0.0561. The number of urea groups is 1. The molecule has 4 aromatic rings. The Morgan fingerprint density at radius 3 is 3.00 bits per heavy atom. The number of nitrogens with zero attached hydrogens (tertiary/aromatic N) is 2. The van der Waals surface area contributed by atoms with E-state index in [9.17, 15) is 9.18 Å². The highest BCUT2D eigenvalue weighted by Crippen LogP contribution is 2.35. The molecule has 2 aromatic carbocycles. The average molecular weight is 482 g/mol. The van der Waals surface area contributed by atoms with Crippen molar-refractivity contribution in [1.29, 1.82) is 0 Å². The number of rotatable bonds is 4. The first-order valence-electron chi connectivity index (χ1n) is 10.7. The van der Waals surface area contributed by atoms with Gasteiger partial charge in [0.25, 0.3) is 0 Å². The van der Waals surface area contributed by atoms with Crippen LogP contribution in [0.15, 0.2) is 65.4 Å². The van der Waals surface area contributed by atoms with Gasteiger partial charge in [-0.05, 0) is 54.4 Å². The number of aromatic amines is 1. The molecule has 6 nitrogen and oxygen atoms in total. The third kappa shape index (κ3) is 3.86. The second kappa shape index (κ2) is 8.03. The molecule has 0 aliphatic carbocycles. The van der Waals surface area contributed by atoms with Crippen LogP contribution in [0.5, 0.6) is 0 Å². The number of hydrogen-bond donors (Lipinski definition) is 3. The molecule has 0 bridgehead atoms. The Morgan fingerprint density at radius 2 is 2.10 bits per heavy atom. The average Bonchev–Trinajstić information content (AvgIpc) is 3.44. The van der Waals surface area contributed by atoms with Crippen LogP contribution in [-0.2, 0) is 12.9 Å². The first-order valence-corrected chi connectivity index (χ1v) is 10.5. The van der Waals surface area contributed by atoms with Crippen molar-refractivity contribution in [3.05, 3.63) is 82.3 Å². The van der Waals surface area contributed by atoms with Crippen LogP contribution in [0.1, 0.15) is 13.9 Å². The highest BCUT2D eigenvalue weighted by Gasteiger charge is 2.23. The van der Waals surface area contributed by atoms with Crippen molar-refractivity contribution in [2.75, 3.05) is 22.1 Å². The van der Waals surface area contributed by atoms with Crippen LogP contribution >= 0.6 is 15.9 Å². The summed E-state index contributed by atoms with van der Waals surface area (Å²) in [7, 11) is 0. The van der Waals surface area contributed by atoms with E-state index in [1.54, 1.807) is 41.6 Å². The molecule has 0 saturated carbocycles. The van der Waals surface area contributed by atoms with Gasteiger partial charge in [-0.3, -0.25) is 0 Å². The first-order chi connectivity index (χ1) is 15.8. The van der Waals surface area contributed by atoms with E-state index in [2.05, 4.69) is 36.5 Å². The van der Waals surface area contributed by atoms with E-state index in [1.807, 2.05) is 12.1 Å². The first kappa shape index (κ1) is 17.3. The molecule has 3 N–H and O–H groups in total. The molecule has 5 rings (SSSR count). The van der Waals surface area contributed by atoms with Crippen LogP contribution in [-0.4, -0.2) is 22.5 Å². The zero-order valence-electron chi connectivity index (χ0n) is 18.2. The number of halogens is 2. The quantitative estimate of drug-likeness (QED) is 0.351. The summed E-state index contributed by atoms with van der Waals surface area (Å²) < 4.78 is 32.5. The third-order valence-electron chi connectivity index (χ3n) is 5.17. The fourth-order valence-electron chi connectivity index (χ4n) is 3.74. The molecule has 0 spiro atoms. The SMILES string of the molecule is [2H]C([2H])(c1ccnc2[nH]ccc12)N1CCc2c(NC(=O)Nc3cc(Br)ccc3F)cccc21. The van der Waals surface area contributed by atoms with E-state index in [1.165, 1.54) is 12.1 Å². The lowest BCUT2D eigenvalue weighted by Gasteiger charge is -2.20. The number of benzene rings is 2. The molecule has 3 heterocycles. The third-order valence-corrected chi connectivity index (χ3v) is 5.66. The molecule has 0 atom stereocenters. The van der Waals surface area contributed by atoms with Gasteiger partial charge in [0.2, 0.25) is 0 Å². The number of pyridine rings is 1. The summed E-state index contributed by atoms with van der Waals surface area (Å²) in [5, 5.41) is 6.02. The van der Waals surface area contributed by atoms with Gasteiger partial charge in [-0.1, -0.05) is 22.0 Å². The summed E-state index contributed by atoms with van der Waals surface area (Å²) in [5.74, 6) is -0.542. The number of anilines is 3. The number of nitrogens with one attached hydrogen (secondary N) is 3. The van der Waals surface area contributed by atoms with Crippen LogP contribution in [0, 0.1) is 5.82 Å². The molecule has 31 heavy (non-hydrogen) atoms. The maximum atomic E-state index is 14.0. The van der Waals surface area contributed by atoms with Gasteiger partial charge < -0.3 is 20.5 Å². The number of carbonyl (C=O) groups excluding carboxylic acids is 1. The molecular weight excluding hydrogens is 461 g/mol. The standard InChI is InChI=1S/C23H19BrFN5O/c24-15-4-5-18(25)20(12-15)29-23(31)28-19-2-1-3-21-17(19)8-11-30(21)13-14-6-9-26-22-16(14)7-10-27-22/h1-7,9-10,12H,8,11,13H2,(H,26,27)(H2,28,29,31)/i13D2. The lowest BCUT2D eigenvalue weighted by atomic mass is 10.1. The van der Waals surface area contributed by atoms with Crippen molar-refractivity contribution in [3.8, 4) is 0 Å². The molecule has 2 aromatic heterocycles. The minimum atomic E-state index is -1.80. The van der Waals surface area contributed by atoms with Gasteiger partial charge in [0.05, 0.1) is 8.43 Å². The number of aromatic nitrogens is 2. The lowest BCUT2D eigenvalue weighted by Crippen LogP contribution is -2.21. The van der Waals surface area contributed by atoms with Crippen molar-refractivity contribution in [3.63, 3.8) is 0 Å². The van der Waals surface area contributed by atoms with Gasteiger partial charge in [0.15, 0.2) is 0 Å². The fourth-order valence-corrected chi connectivity index (χ4v) is 4.10. The Kier molecular flexibility index (Phi) is 4.49. The second-order valence-electron chi connectivity index (χ2n) is 7.12. The molecule has 1 aliphatic heterocycles. The Morgan fingerprint density at radius 1 is 1.23 bits per heavy atom. The molecule has 0 fully saturated rings. The van der Waals surface area contributed by atoms with Crippen molar-refractivity contribution in [2.45, 2.75) is 12.9 Å². The Bertz CT molecular complexity index is 1380. The number of amides is 2. The van der Waals surface area contributed by atoms with Gasteiger partial charge in [0, 0.05) is 52.2 Å². The summed E-state index contributed by atoms with van der Waals surface area (Å²) in [6.07, 6.45) is 3.88. The highest BCUT2D eigenvalue weighted by molar-refractivity contribution is 9.10. The summed E-state index contributed by atoms with van der Waals surface area (Å²) in [5.41, 5.74) is 3.28. The van der Waals surface area contributed by atoms with Gasteiger partial charge in [-0.2, -0.15) is 0 Å². The van der Waals surface area contributed by atoms with Crippen molar-refractivity contribution < 1.29 is 11.9 Å². The largest absolute Gasteiger partial charge is 0.367 e. The zero-order valence-corrected chi connectivity index (χ0v) is 17.8. The van der Waals surface area contributed by atoms with Gasteiger partial charge in [0.1, 0.15) is 11.5 Å². The van der Waals surface area contributed by atoms with Crippen LogP contribution in [0.4, 0.5) is 26.2 Å². The molecule has 0 radical (unpaired) electrons. The fraction of sp³-hybridized carbons (Fsp3) is 0.130. The maximum absolute atomic E-state index is 14.0. The zero-order chi connectivity index (χ0) is 23.2. The van der Waals surface area contributed by atoms with Crippen LogP contribution in [0.3, 0.4) is 0 Å². The maximum Gasteiger partial charge on any atom is 0.323 e. The second-order valence-corrected chi connectivity index (χ2v) is 8.03. The number of hydrogen-bond acceptors (Lipinski definition) is 3. The number of H-pyrrole nitrogens is 1. The smallest absolute Gasteiger partial charge is 0.323 e. The van der Waals surface area contributed by atoms with E-state index in [0.29, 0.717) is 40.0 Å². The Labute approximate surface area is 189 Å². The molecule has 156 valence electrons. The van der Waals surface area contributed by atoms with E-state index in [4.69, 9.17) is 2.74 Å².